The Labute approximate surface area is 206 Å². The lowest BCUT2D eigenvalue weighted by atomic mass is 10.2. The predicted octanol–water partition coefficient (Wildman–Crippen LogP) is 2.99. The van der Waals surface area contributed by atoms with E-state index in [0.717, 1.165) is 11.3 Å². The highest BCUT2D eigenvalue weighted by atomic mass is 127. The van der Waals surface area contributed by atoms with Crippen LogP contribution in [0.1, 0.15) is 31.4 Å². The third-order valence-corrected chi connectivity index (χ3v) is 5.40. The Hall–Kier alpha value is -3.15. The van der Waals surface area contributed by atoms with E-state index in [2.05, 4.69) is 43.8 Å². The Balaban J connectivity index is 2.00. The number of amides is 3. The van der Waals surface area contributed by atoms with Gasteiger partial charge in [-0.2, -0.15) is 5.10 Å². The van der Waals surface area contributed by atoms with Crippen molar-refractivity contribution in [2.45, 2.75) is 33.2 Å². The topological polar surface area (TPSA) is 118 Å². The third kappa shape index (κ3) is 8.04. The smallest absolute Gasteiger partial charge is 0.329 e. The zero-order valence-corrected chi connectivity index (χ0v) is 21.1. The summed E-state index contributed by atoms with van der Waals surface area (Å²) >= 11 is 2.05. The van der Waals surface area contributed by atoms with E-state index in [-0.39, 0.29) is 18.6 Å². The molecule has 33 heavy (non-hydrogen) atoms. The van der Waals surface area contributed by atoms with E-state index in [1.54, 1.807) is 19.1 Å². The van der Waals surface area contributed by atoms with Gasteiger partial charge in [0.05, 0.1) is 16.9 Å². The van der Waals surface area contributed by atoms with Crippen molar-refractivity contribution in [2.75, 3.05) is 19.0 Å². The van der Waals surface area contributed by atoms with Crippen LogP contribution in [-0.2, 0) is 14.4 Å². The summed E-state index contributed by atoms with van der Waals surface area (Å²) in [7, 11) is 1.48. The molecular formula is C23H27IN4O5. The van der Waals surface area contributed by atoms with Crippen LogP contribution >= 0.6 is 22.6 Å². The predicted molar refractivity (Wildman–Crippen MR) is 135 cm³/mol. The van der Waals surface area contributed by atoms with Crippen LogP contribution in [0.5, 0.6) is 11.5 Å². The molecule has 0 aromatic heterocycles. The highest BCUT2D eigenvalue weighted by Gasteiger charge is 2.15. The molecule has 9 nitrogen and oxygen atoms in total. The van der Waals surface area contributed by atoms with Crippen LogP contribution in [0.3, 0.4) is 0 Å². The number of methoxy groups -OCH3 is 1. The maximum Gasteiger partial charge on any atom is 0.329 e. The average Bonchev–Trinajstić information content (AvgIpc) is 2.79. The number of halogens is 1. The van der Waals surface area contributed by atoms with Crippen molar-refractivity contribution in [3.8, 4) is 11.5 Å². The summed E-state index contributed by atoms with van der Waals surface area (Å²) in [5, 5.41) is 9.19. The SMILES string of the molecule is CC[C@@H](C)NC(=O)C(=O)N/N=C\c1cc(I)c(OCC(=O)Nc2ccccc2C)c(OC)c1. The van der Waals surface area contributed by atoms with Gasteiger partial charge < -0.3 is 20.1 Å². The zero-order valence-electron chi connectivity index (χ0n) is 18.9. The standard InChI is InChI=1S/C23H27IN4O5/c1-5-15(3)26-22(30)23(31)28-25-12-16-10-17(24)21(19(11-16)32-4)33-13-20(29)27-18-9-7-6-8-14(18)2/h6-12,15H,5,13H2,1-4H3,(H,26,30)(H,27,29)(H,28,31)/b25-12-/t15-/m1/s1. The van der Waals surface area contributed by atoms with Crippen LogP contribution in [0.25, 0.3) is 0 Å². The maximum atomic E-state index is 12.3. The van der Waals surface area contributed by atoms with Crippen LogP contribution in [0, 0.1) is 10.5 Å². The van der Waals surface area contributed by atoms with Crippen molar-refractivity contribution in [2.24, 2.45) is 5.10 Å². The quantitative estimate of drug-likeness (QED) is 0.187. The van der Waals surface area contributed by atoms with E-state index in [4.69, 9.17) is 9.47 Å². The van der Waals surface area contributed by atoms with Gasteiger partial charge in [-0.1, -0.05) is 25.1 Å². The lowest BCUT2D eigenvalue weighted by molar-refractivity contribution is -0.139. The largest absolute Gasteiger partial charge is 0.493 e. The molecule has 0 spiro atoms. The molecule has 0 radical (unpaired) electrons. The van der Waals surface area contributed by atoms with E-state index in [9.17, 15) is 14.4 Å². The summed E-state index contributed by atoms with van der Waals surface area (Å²) in [6.07, 6.45) is 2.09. The number of aryl methyl sites for hydroxylation is 1. The first-order chi connectivity index (χ1) is 15.7. The van der Waals surface area contributed by atoms with Crippen LogP contribution in [0.4, 0.5) is 5.69 Å². The summed E-state index contributed by atoms with van der Waals surface area (Å²) in [5.74, 6) is -1.10. The molecule has 176 valence electrons. The van der Waals surface area contributed by atoms with Crippen LogP contribution in [0.2, 0.25) is 0 Å². The van der Waals surface area contributed by atoms with Crippen LogP contribution in [-0.4, -0.2) is 43.7 Å². The van der Waals surface area contributed by atoms with E-state index in [0.29, 0.717) is 27.1 Å². The van der Waals surface area contributed by atoms with Crippen LogP contribution in [0.15, 0.2) is 41.5 Å². The number of benzene rings is 2. The molecular weight excluding hydrogens is 539 g/mol. The number of nitrogens with one attached hydrogen (secondary N) is 3. The fourth-order valence-corrected chi connectivity index (χ4v) is 3.38. The number of hydrogen-bond donors (Lipinski definition) is 3. The average molecular weight is 566 g/mol. The molecule has 1 atom stereocenters. The number of hydrazone groups is 1. The first kappa shape index (κ1) is 26.1. The van der Waals surface area contributed by atoms with Gasteiger partial charge in [0.25, 0.3) is 5.91 Å². The monoisotopic (exact) mass is 566 g/mol. The number of ether oxygens (including phenoxy) is 2. The normalized spacial score (nSPS) is 11.5. The van der Waals surface area contributed by atoms with Gasteiger partial charge in [-0.3, -0.25) is 14.4 Å². The number of para-hydroxylation sites is 1. The number of rotatable bonds is 9. The second kappa shape index (κ2) is 12.8. The molecule has 0 bridgehead atoms. The molecule has 2 aromatic carbocycles. The van der Waals surface area contributed by atoms with Gasteiger partial charge >= 0.3 is 11.8 Å². The molecule has 0 unspecified atom stereocenters. The van der Waals surface area contributed by atoms with Crippen molar-refractivity contribution in [1.29, 1.82) is 0 Å². The van der Waals surface area contributed by atoms with E-state index in [1.165, 1.54) is 13.3 Å². The Bertz CT molecular complexity index is 1040. The minimum Gasteiger partial charge on any atom is -0.493 e. The Morgan fingerprint density at radius 1 is 1.18 bits per heavy atom. The van der Waals surface area contributed by atoms with Crippen LogP contribution < -0.4 is 25.5 Å². The van der Waals surface area contributed by atoms with Gasteiger partial charge in [0.2, 0.25) is 0 Å². The Kier molecular flexibility index (Phi) is 10.1. The summed E-state index contributed by atoms with van der Waals surface area (Å²) in [6.45, 7) is 5.41. The number of hydrogen-bond acceptors (Lipinski definition) is 6. The van der Waals surface area contributed by atoms with Gasteiger partial charge in [-0.25, -0.2) is 5.43 Å². The molecule has 2 aromatic rings. The number of carbonyl (C=O) groups excluding carboxylic acids is 3. The van der Waals surface area contributed by atoms with Gasteiger partial charge in [-0.15, -0.1) is 0 Å². The van der Waals surface area contributed by atoms with Gasteiger partial charge in [0.15, 0.2) is 18.1 Å². The van der Waals surface area contributed by atoms with Crippen molar-refractivity contribution in [1.82, 2.24) is 10.7 Å². The van der Waals surface area contributed by atoms with Gasteiger partial charge in [0.1, 0.15) is 0 Å². The van der Waals surface area contributed by atoms with E-state index in [1.807, 2.05) is 38.1 Å². The molecule has 3 amide bonds. The van der Waals surface area contributed by atoms with E-state index >= 15 is 0 Å². The zero-order chi connectivity index (χ0) is 24.4. The fraction of sp³-hybridized carbons (Fsp3) is 0.304. The minimum atomic E-state index is -0.854. The molecule has 0 aliphatic carbocycles. The van der Waals surface area contributed by atoms with Crippen molar-refractivity contribution < 1.29 is 23.9 Å². The third-order valence-electron chi connectivity index (χ3n) is 4.59. The first-order valence-electron chi connectivity index (χ1n) is 10.2. The molecule has 3 N–H and O–H groups in total. The summed E-state index contributed by atoms with van der Waals surface area (Å²) in [6, 6.07) is 10.7. The molecule has 0 saturated heterocycles. The summed E-state index contributed by atoms with van der Waals surface area (Å²) in [4.78, 5) is 35.8. The second-order valence-corrected chi connectivity index (χ2v) is 8.33. The minimum absolute atomic E-state index is 0.107. The number of nitrogens with zero attached hydrogens (tertiary/aromatic N) is 1. The first-order valence-corrected chi connectivity index (χ1v) is 11.3. The van der Waals surface area contributed by atoms with Crippen molar-refractivity contribution >= 4 is 52.2 Å². The molecule has 0 saturated carbocycles. The number of anilines is 1. The van der Waals surface area contributed by atoms with Crippen molar-refractivity contribution in [3.63, 3.8) is 0 Å². The number of carbonyl (C=O) groups is 3. The molecule has 2 rings (SSSR count). The highest BCUT2D eigenvalue weighted by molar-refractivity contribution is 14.1. The fourth-order valence-electron chi connectivity index (χ4n) is 2.60. The van der Waals surface area contributed by atoms with Gasteiger partial charge in [-0.05, 0) is 72.2 Å². The summed E-state index contributed by atoms with van der Waals surface area (Å²) in [5.41, 5.74) is 4.47. The second-order valence-electron chi connectivity index (χ2n) is 7.17. The highest BCUT2D eigenvalue weighted by Crippen LogP contribution is 2.33. The lowest BCUT2D eigenvalue weighted by Gasteiger charge is -2.14. The molecule has 0 fully saturated rings. The summed E-state index contributed by atoms with van der Waals surface area (Å²) < 4.78 is 11.8. The molecule has 0 aliphatic rings. The molecule has 0 heterocycles. The van der Waals surface area contributed by atoms with E-state index < -0.39 is 11.8 Å². The molecule has 10 heteroatoms. The Morgan fingerprint density at radius 3 is 2.58 bits per heavy atom. The Morgan fingerprint density at radius 2 is 1.91 bits per heavy atom. The lowest BCUT2D eigenvalue weighted by Crippen LogP contribution is -2.41. The van der Waals surface area contributed by atoms with Gasteiger partial charge in [0, 0.05) is 11.7 Å². The maximum absolute atomic E-state index is 12.3. The van der Waals surface area contributed by atoms with Crippen molar-refractivity contribution in [3.05, 3.63) is 51.1 Å². The molecule has 0 aliphatic heterocycles.